The Labute approximate surface area is 111 Å². The van der Waals surface area contributed by atoms with E-state index in [9.17, 15) is 0 Å². The van der Waals surface area contributed by atoms with Crippen LogP contribution in [0.25, 0.3) is 0 Å². The van der Waals surface area contributed by atoms with Gasteiger partial charge in [-0.1, -0.05) is 0 Å². The Bertz CT molecular complexity index is 479. The van der Waals surface area contributed by atoms with Crippen molar-refractivity contribution in [3.05, 3.63) is 66.6 Å². The van der Waals surface area contributed by atoms with E-state index in [1.807, 2.05) is 37.1 Å². The average Bonchev–Trinajstić information content (AvgIpc) is 3.10. The zero-order valence-electron chi connectivity index (χ0n) is 10.6. The molecule has 3 rings (SSSR count). The molecule has 0 aliphatic carbocycles. The lowest BCUT2D eigenvalue weighted by atomic mass is 9.97. The van der Waals surface area contributed by atoms with Gasteiger partial charge in [-0.05, 0) is 31.0 Å². The summed E-state index contributed by atoms with van der Waals surface area (Å²) in [6.07, 6.45) is 11.3. The standard InChI is InChI=1S/C14H16N5/c1-2-13(16-4-1)8-12(9-14-3-5-17-18-14)10-19-7-6-15-11-19/h1-7,11,16H,8-10H2,(H,17,18). The fourth-order valence-electron chi connectivity index (χ4n) is 2.21. The van der Waals surface area contributed by atoms with Crippen molar-refractivity contribution in [2.75, 3.05) is 0 Å². The van der Waals surface area contributed by atoms with E-state index < -0.39 is 0 Å². The highest BCUT2D eigenvalue weighted by Gasteiger charge is 2.14. The Morgan fingerprint density at radius 2 is 2.21 bits per heavy atom. The van der Waals surface area contributed by atoms with Gasteiger partial charge in [-0.2, -0.15) is 5.10 Å². The fourth-order valence-corrected chi connectivity index (χ4v) is 2.21. The van der Waals surface area contributed by atoms with Crippen molar-refractivity contribution in [3.63, 3.8) is 0 Å². The molecule has 5 heteroatoms. The summed E-state index contributed by atoms with van der Waals surface area (Å²) < 4.78 is 2.09. The molecule has 19 heavy (non-hydrogen) atoms. The highest BCUT2D eigenvalue weighted by molar-refractivity contribution is 5.15. The molecular weight excluding hydrogens is 238 g/mol. The van der Waals surface area contributed by atoms with Gasteiger partial charge < -0.3 is 9.55 Å². The number of H-pyrrole nitrogens is 2. The van der Waals surface area contributed by atoms with Crippen LogP contribution in [-0.4, -0.2) is 24.7 Å². The van der Waals surface area contributed by atoms with Crippen LogP contribution in [0.2, 0.25) is 0 Å². The first-order chi connectivity index (χ1) is 9.40. The molecule has 0 unspecified atom stereocenters. The van der Waals surface area contributed by atoms with Crippen LogP contribution in [0.5, 0.6) is 0 Å². The van der Waals surface area contributed by atoms with Crippen LogP contribution in [0.4, 0.5) is 0 Å². The van der Waals surface area contributed by atoms with Gasteiger partial charge in [0.1, 0.15) is 0 Å². The third-order valence-corrected chi connectivity index (χ3v) is 3.06. The third-order valence-electron chi connectivity index (χ3n) is 3.06. The second-order valence-corrected chi connectivity index (χ2v) is 4.60. The molecule has 0 saturated carbocycles. The Morgan fingerprint density at radius 3 is 2.89 bits per heavy atom. The molecule has 1 radical (unpaired) electrons. The summed E-state index contributed by atoms with van der Waals surface area (Å²) in [6, 6.07) is 6.15. The van der Waals surface area contributed by atoms with Crippen molar-refractivity contribution in [3.8, 4) is 0 Å². The lowest BCUT2D eigenvalue weighted by molar-refractivity contribution is 0.638. The van der Waals surface area contributed by atoms with Gasteiger partial charge in [0.15, 0.2) is 0 Å². The molecule has 0 aromatic carbocycles. The van der Waals surface area contributed by atoms with Crippen LogP contribution >= 0.6 is 0 Å². The van der Waals surface area contributed by atoms with Crippen LogP contribution in [0.1, 0.15) is 11.4 Å². The first kappa shape index (κ1) is 11.8. The zero-order valence-corrected chi connectivity index (χ0v) is 10.6. The maximum atomic E-state index is 4.23. The lowest BCUT2D eigenvalue weighted by Crippen LogP contribution is -2.13. The van der Waals surface area contributed by atoms with E-state index in [2.05, 4.69) is 30.8 Å². The Morgan fingerprint density at radius 1 is 1.21 bits per heavy atom. The summed E-state index contributed by atoms with van der Waals surface area (Å²) >= 11 is 0. The molecule has 97 valence electrons. The largest absolute Gasteiger partial charge is 0.365 e. The van der Waals surface area contributed by atoms with E-state index in [0.29, 0.717) is 0 Å². The molecule has 3 heterocycles. The summed E-state index contributed by atoms with van der Waals surface area (Å²) in [5.41, 5.74) is 2.30. The van der Waals surface area contributed by atoms with E-state index in [1.54, 1.807) is 6.20 Å². The Kier molecular flexibility index (Phi) is 3.45. The van der Waals surface area contributed by atoms with Crippen molar-refractivity contribution >= 4 is 0 Å². The third kappa shape index (κ3) is 3.13. The summed E-state index contributed by atoms with van der Waals surface area (Å²) in [5.74, 6) is 1.40. The minimum absolute atomic E-state index is 0.867. The molecule has 0 bridgehead atoms. The number of hydrogen-bond acceptors (Lipinski definition) is 2. The molecule has 5 nitrogen and oxygen atoms in total. The van der Waals surface area contributed by atoms with Gasteiger partial charge in [0, 0.05) is 42.9 Å². The number of hydrogen-bond donors (Lipinski definition) is 2. The SMILES string of the molecule is c1c[nH]c(C[C](Cc2cc[nH]n2)Cn2ccnc2)c1. The summed E-state index contributed by atoms with van der Waals surface area (Å²) in [7, 11) is 0. The molecule has 0 aliphatic rings. The topological polar surface area (TPSA) is 62.3 Å². The minimum Gasteiger partial charge on any atom is -0.365 e. The number of nitrogens with one attached hydrogen (secondary N) is 2. The van der Waals surface area contributed by atoms with E-state index in [1.165, 1.54) is 11.6 Å². The molecular formula is C14H16N5. The summed E-state index contributed by atoms with van der Waals surface area (Å²) in [4.78, 5) is 7.34. The highest BCUT2D eigenvalue weighted by Crippen LogP contribution is 2.16. The van der Waals surface area contributed by atoms with Crippen LogP contribution in [0, 0.1) is 5.92 Å². The van der Waals surface area contributed by atoms with Gasteiger partial charge in [-0.15, -0.1) is 0 Å². The predicted molar refractivity (Wildman–Crippen MR) is 72.3 cm³/mol. The zero-order chi connectivity index (χ0) is 12.9. The van der Waals surface area contributed by atoms with E-state index in [4.69, 9.17) is 0 Å². The molecule has 3 aromatic heterocycles. The van der Waals surface area contributed by atoms with Crippen molar-refractivity contribution in [1.29, 1.82) is 0 Å². The van der Waals surface area contributed by atoms with Gasteiger partial charge in [0.05, 0.1) is 12.0 Å². The second-order valence-electron chi connectivity index (χ2n) is 4.60. The number of rotatable bonds is 6. The average molecular weight is 254 g/mol. The Balaban J connectivity index is 1.70. The van der Waals surface area contributed by atoms with E-state index >= 15 is 0 Å². The van der Waals surface area contributed by atoms with Gasteiger partial charge >= 0.3 is 0 Å². The number of aromatic amines is 2. The minimum atomic E-state index is 0.867. The molecule has 0 saturated heterocycles. The van der Waals surface area contributed by atoms with Crippen LogP contribution < -0.4 is 0 Å². The van der Waals surface area contributed by atoms with Crippen molar-refractivity contribution in [2.45, 2.75) is 19.4 Å². The van der Waals surface area contributed by atoms with Gasteiger partial charge in [-0.3, -0.25) is 5.10 Å². The van der Waals surface area contributed by atoms with E-state index in [-0.39, 0.29) is 0 Å². The van der Waals surface area contributed by atoms with Crippen LogP contribution in [0.15, 0.2) is 49.3 Å². The number of imidazole rings is 1. The maximum absolute atomic E-state index is 4.23. The van der Waals surface area contributed by atoms with Gasteiger partial charge in [0.2, 0.25) is 0 Å². The molecule has 0 atom stereocenters. The monoisotopic (exact) mass is 254 g/mol. The second kappa shape index (κ2) is 5.56. The summed E-state index contributed by atoms with van der Waals surface area (Å²) in [5, 5.41) is 7.10. The van der Waals surface area contributed by atoms with E-state index in [0.717, 1.165) is 25.1 Å². The Hall–Kier alpha value is -2.30. The van der Waals surface area contributed by atoms with Crippen molar-refractivity contribution in [2.24, 2.45) is 0 Å². The first-order valence-corrected chi connectivity index (χ1v) is 6.30. The normalized spacial score (nSPS) is 11.2. The quantitative estimate of drug-likeness (QED) is 0.706. The molecule has 2 N–H and O–H groups in total. The molecule has 0 amide bonds. The smallest absolute Gasteiger partial charge is 0.0946 e. The van der Waals surface area contributed by atoms with Crippen molar-refractivity contribution in [1.82, 2.24) is 24.7 Å². The molecule has 3 aromatic rings. The highest BCUT2D eigenvalue weighted by atomic mass is 15.1. The van der Waals surface area contributed by atoms with Gasteiger partial charge in [0.25, 0.3) is 0 Å². The molecule has 0 aliphatic heterocycles. The molecule has 0 spiro atoms. The predicted octanol–water partition coefficient (Wildman–Crippen LogP) is 1.99. The first-order valence-electron chi connectivity index (χ1n) is 6.30. The maximum Gasteiger partial charge on any atom is 0.0946 e. The van der Waals surface area contributed by atoms with Crippen LogP contribution in [-0.2, 0) is 19.4 Å². The number of nitrogens with zero attached hydrogens (tertiary/aromatic N) is 3. The number of aromatic nitrogens is 5. The molecule has 0 fully saturated rings. The van der Waals surface area contributed by atoms with Gasteiger partial charge in [-0.25, -0.2) is 4.98 Å². The van der Waals surface area contributed by atoms with Crippen LogP contribution in [0.3, 0.4) is 0 Å². The van der Waals surface area contributed by atoms with Crippen molar-refractivity contribution < 1.29 is 0 Å². The lowest BCUT2D eigenvalue weighted by Gasteiger charge is -2.15. The fraction of sp³-hybridized carbons (Fsp3) is 0.214. The summed E-state index contributed by atoms with van der Waals surface area (Å²) in [6.45, 7) is 0.867.